The summed E-state index contributed by atoms with van der Waals surface area (Å²) in [6.07, 6.45) is 2.85. The van der Waals surface area contributed by atoms with E-state index in [2.05, 4.69) is 15.3 Å². The summed E-state index contributed by atoms with van der Waals surface area (Å²) in [7, 11) is 0. The minimum atomic E-state index is -0.0214. The van der Waals surface area contributed by atoms with Gasteiger partial charge >= 0.3 is 0 Å². The Balaban J connectivity index is 0.00000242. The van der Waals surface area contributed by atoms with E-state index in [1.54, 1.807) is 6.20 Å². The first kappa shape index (κ1) is 18.1. The number of hydrogen-bond acceptors (Lipinski definition) is 4. The third kappa shape index (κ3) is 5.42. The smallest absolute Gasteiger partial charge is 0.224 e. The number of amides is 1. The van der Waals surface area contributed by atoms with Gasteiger partial charge in [0, 0.05) is 35.6 Å². The highest BCUT2D eigenvalue weighted by molar-refractivity contribution is 5.90. The van der Waals surface area contributed by atoms with Gasteiger partial charge in [0.25, 0.3) is 0 Å². The number of aromatic nitrogens is 2. The van der Waals surface area contributed by atoms with Gasteiger partial charge in [-0.05, 0) is 50.6 Å². The number of halogens is 1. The highest BCUT2D eigenvalue weighted by atomic mass is 35.5. The second-order valence-electron chi connectivity index (χ2n) is 5.16. The largest absolute Gasteiger partial charge is 0.328 e. The topological polar surface area (TPSA) is 80.9 Å². The van der Waals surface area contributed by atoms with Crippen LogP contribution in [-0.4, -0.2) is 21.9 Å². The molecule has 1 atom stereocenters. The summed E-state index contributed by atoms with van der Waals surface area (Å²) in [5.41, 5.74) is 8.25. The first-order valence-electron chi connectivity index (χ1n) is 7.00. The van der Waals surface area contributed by atoms with Crippen molar-refractivity contribution in [1.82, 2.24) is 9.97 Å². The molecule has 0 saturated heterocycles. The molecule has 1 amide bonds. The number of nitrogens with two attached hydrogens (primary N) is 1. The molecule has 0 saturated carbocycles. The maximum atomic E-state index is 11.7. The molecule has 3 N–H and O–H groups in total. The van der Waals surface area contributed by atoms with Crippen LogP contribution >= 0.6 is 12.4 Å². The van der Waals surface area contributed by atoms with Crippen LogP contribution < -0.4 is 11.1 Å². The van der Waals surface area contributed by atoms with Crippen molar-refractivity contribution in [2.24, 2.45) is 5.73 Å². The minimum absolute atomic E-state index is 0. The van der Waals surface area contributed by atoms with Crippen molar-refractivity contribution in [2.45, 2.75) is 32.7 Å². The molecule has 1 heterocycles. The Bertz CT molecular complexity index is 614. The molecular weight excluding hydrogens is 300 g/mol. The number of benzene rings is 1. The van der Waals surface area contributed by atoms with Crippen LogP contribution in [0.25, 0.3) is 11.4 Å². The number of anilines is 1. The first-order chi connectivity index (χ1) is 10.0. The monoisotopic (exact) mass is 320 g/mol. The van der Waals surface area contributed by atoms with Crippen LogP contribution in [-0.2, 0) is 4.79 Å². The highest BCUT2D eigenvalue weighted by Gasteiger charge is 2.05. The van der Waals surface area contributed by atoms with Crippen LogP contribution in [0.4, 0.5) is 5.69 Å². The number of hydrogen-bond donors (Lipinski definition) is 2. The highest BCUT2D eigenvalue weighted by Crippen LogP contribution is 2.18. The summed E-state index contributed by atoms with van der Waals surface area (Å²) < 4.78 is 0. The van der Waals surface area contributed by atoms with Gasteiger partial charge in [0.05, 0.1) is 0 Å². The Hall–Kier alpha value is -1.98. The molecule has 22 heavy (non-hydrogen) atoms. The van der Waals surface area contributed by atoms with Crippen molar-refractivity contribution >= 4 is 24.0 Å². The molecule has 118 valence electrons. The lowest BCUT2D eigenvalue weighted by Gasteiger charge is -2.07. The van der Waals surface area contributed by atoms with Gasteiger partial charge < -0.3 is 11.1 Å². The molecule has 1 aromatic carbocycles. The van der Waals surface area contributed by atoms with Crippen LogP contribution in [0.15, 0.2) is 36.5 Å². The number of nitrogens with one attached hydrogen (secondary N) is 1. The van der Waals surface area contributed by atoms with Gasteiger partial charge in [-0.25, -0.2) is 9.97 Å². The van der Waals surface area contributed by atoms with Crippen LogP contribution in [0.5, 0.6) is 0 Å². The van der Waals surface area contributed by atoms with Crippen LogP contribution in [0.3, 0.4) is 0 Å². The van der Waals surface area contributed by atoms with Gasteiger partial charge in [0.15, 0.2) is 5.82 Å². The van der Waals surface area contributed by atoms with E-state index in [9.17, 15) is 4.79 Å². The molecule has 0 aliphatic carbocycles. The summed E-state index contributed by atoms with van der Waals surface area (Å²) in [4.78, 5) is 20.3. The van der Waals surface area contributed by atoms with Crippen LogP contribution in [0.2, 0.25) is 0 Å². The Morgan fingerprint density at radius 2 is 1.95 bits per heavy atom. The molecule has 0 bridgehead atoms. The van der Waals surface area contributed by atoms with Gasteiger partial charge in [0.1, 0.15) is 0 Å². The predicted octanol–water partition coefficient (Wildman–Crippen LogP) is 2.94. The fourth-order valence-corrected chi connectivity index (χ4v) is 1.87. The molecular formula is C16H21ClN4O. The van der Waals surface area contributed by atoms with Crippen molar-refractivity contribution in [3.05, 3.63) is 42.2 Å². The van der Waals surface area contributed by atoms with Gasteiger partial charge in [-0.3, -0.25) is 4.79 Å². The average molecular weight is 321 g/mol. The maximum absolute atomic E-state index is 11.7. The normalized spacial score (nSPS) is 11.4. The molecule has 6 heteroatoms. The lowest BCUT2D eigenvalue weighted by atomic mass is 10.1. The second kappa shape index (κ2) is 8.46. The molecule has 2 aromatic rings. The molecule has 0 spiro atoms. The molecule has 0 fully saturated rings. The minimum Gasteiger partial charge on any atom is -0.328 e. The zero-order chi connectivity index (χ0) is 15.2. The van der Waals surface area contributed by atoms with E-state index in [1.807, 2.05) is 44.2 Å². The molecule has 1 unspecified atom stereocenters. The van der Waals surface area contributed by atoms with E-state index in [1.165, 1.54) is 0 Å². The van der Waals surface area contributed by atoms with Crippen LogP contribution in [0.1, 0.15) is 25.5 Å². The Morgan fingerprint density at radius 1 is 1.27 bits per heavy atom. The lowest BCUT2D eigenvalue weighted by Crippen LogP contribution is -2.19. The number of carbonyl (C=O) groups is 1. The molecule has 5 nitrogen and oxygen atoms in total. The van der Waals surface area contributed by atoms with Crippen molar-refractivity contribution in [3.8, 4) is 11.4 Å². The van der Waals surface area contributed by atoms with E-state index in [-0.39, 0.29) is 24.4 Å². The zero-order valence-electron chi connectivity index (χ0n) is 12.7. The molecule has 0 aliphatic heterocycles. The van der Waals surface area contributed by atoms with Crippen molar-refractivity contribution < 1.29 is 4.79 Å². The second-order valence-corrected chi connectivity index (χ2v) is 5.16. The standard InChI is InChI=1S/C16H20N4O.ClH/c1-11(17)3-8-15(21)20-14-6-4-13(5-7-14)16-18-10-9-12(2)19-16;/h4-7,9-11H,3,8,17H2,1-2H3,(H,20,21);1H. The fourth-order valence-electron chi connectivity index (χ4n) is 1.87. The van der Waals surface area contributed by atoms with E-state index in [4.69, 9.17) is 5.73 Å². The number of aryl methyl sites for hydroxylation is 1. The number of rotatable bonds is 5. The van der Waals surface area contributed by atoms with E-state index >= 15 is 0 Å². The fraction of sp³-hybridized carbons (Fsp3) is 0.312. The van der Waals surface area contributed by atoms with E-state index < -0.39 is 0 Å². The molecule has 0 radical (unpaired) electrons. The van der Waals surface area contributed by atoms with Crippen molar-refractivity contribution in [1.29, 1.82) is 0 Å². The van der Waals surface area contributed by atoms with Crippen molar-refractivity contribution in [3.63, 3.8) is 0 Å². The zero-order valence-corrected chi connectivity index (χ0v) is 13.6. The Morgan fingerprint density at radius 3 is 2.55 bits per heavy atom. The quantitative estimate of drug-likeness (QED) is 0.887. The molecule has 2 rings (SSSR count). The lowest BCUT2D eigenvalue weighted by molar-refractivity contribution is -0.116. The third-order valence-electron chi connectivity index (χ3n) is 3.05. The van der Waals surface area contributed by atoms with Gasteiger partial charge in [-0.1, -0.05) is 0 Å². The summed E-state index contributed by atoms with van der Waals surface area (Å²) in [5.74, 6) is 0.664. The number of nitrogens with zero attached hydrogens (tertiary/aromatic N) is 2. The molecule has 0 aliphatic rings. The maximum Gasteiger partial charge on any atom is 0.224 e. The predicted molar refractivity (Wildman–Crippen MR) is 91.0 cm³/mol. The number of carbonyl (C=O) groups excluding carboxylic acids is 1. The average Bonchev–Trinajstić information content (AvgIpc) is 2.46. The first-order valence-corrected chi connectivity index (χ1v) is 7.00. The van der Waals surface area contributed by atoms with E-state index in [0.717, 1.165) is 16.9 Å². The SMILES string of the molecule is Cc1ccnc(-c2ccc(NC(=O)CCC(C)N)cc2)n1.Cl. The van der Waals surface area contributed by atoms with E-state index in [0.29, 0.717) is 18.7 Å². The summed E-state index contributed by atoms with van der Waals surface area (Å²) in [6, 6.07) is 9.40. The Labute approximate surface area is 136 Å². The van der Waals surface area contributed by atoms with Gasteiger partial charge in [-0.2, -0.15) is 0 Å². The third-order valence-corrected chi connectivity index (χ3v) is 3.05. The summed E-state index contributed by atoms with van der Waals surface area (Å²) >= 11 is 0. The summed E-state index contributed by atoms with van der Waals surface area (Å²) in [6.45, 7) is 3.82. The van der Waals surface area contributed by atoms with Crippen LogP contribution in [0, 0.1) is 6.92 Å². The van der Waals surface area contributed by atoms with Gasteiger partial charge in [-0.15, -0.1) is 12.4 Å². The van der Waals surface area contributed by atoms with Crippen molar-refractivity contribution in [2.75, 3.05) is 5.32 Å². The molecule has 1 aromatic heterocycles. The summed E-state index contributed by atoms with van der Waals surface area (Å²) in [5, 5.41) is 2.85. The Kier molecular flexibility index (Phi) is 6.95. The van der Waals surface area contributed by atoms with Gasteiger partial charge in [0.2, 0.25) is 5.91 Å².